The molecule has 1 heterocycles. The summed E-state index contributed by atoms with van der Waals surface area (Å²) >= 11 is 1.75. The molecule has 0 radical (unpaired) electrons. The van der Waals surface area contributed by atoms with E-state index >= 15 is 0 Å². The molecule has 0 bridgehead atoms. The summed E-state index contributed by atoms with van der Waals surface area (Å²) in [5.74, 6) is 0.240. The standard InChI is InChI=1S/C9H13N3O2S/c1-15-9(2-3-9)5-12-6(10)4-7(13)11-8(12)14/h4H,2-3,5,10H2,1H3,(H,11,13,14). The highest BCUT2D eigenvalue weighted by Crippen LogP contribution is 2.48. The minimum atomic E-state index is -0.442. The van der Waals surface area contributed by atoms with Crippen LogP contribution >= 0.6 is 11.8 Å². The molecule has 0 atom stereocenters. The largest absolute Gasteiger partial charge is 0.385 e. The van der Waals surface area contributed by atoms with Gasteiger partial charge in [-0.15, -0.1) is 0 Å². The monoisotopic (exact) mass is 227 g/mol. The fourth-order valence-electron chi connectivity index (χ4n) is 1.56. The molecule has 0 spiro atoms. The van der Waals surface area contributed by atoms with Crippen LogP contribution < -0.4 is 17.0 Å². The summed E-state index contributed by atoms with van der Waals surface area (Å²) in [6.45, 7) is 0.579. The average Bonchev–Trinajstić information content (AvgIpc) is 2.92. The molecule has 15 heavy (non-hydrogen) atoms. The Kier molecular flexibility index (Phi) is 2.38. The third kappa shape index (κ3) is 1.94. The Labute approximate surface area is 90.7 Å². The van der Waals surface area contributed by atoms with Crippen molar-refractivity contribution in [1.82, 2.24) is 9.55 Å². The number of anilines is 1. The van der Waals surface area contributed by atoms with Crippen molar-refractivity contribution >= 4 is 17.6 Å². The molecule has 1 aromatic heterocycles. The van der Waals surface area contributed by atoms with Crippen LogP contribution in [0.15, 0.2) is 15.7 Å². The van der Waals surface area contributed by atoms with Crippen molar-refractivity contribution in [2.75, 3.05) is 12.0 Å². The second-order valence-electron chi connectivity index (χ2n) is 3.84. The zero-order valence-electron chi connectivity index (χ0n) is 8.45. The molecule has 1 aliphatic rings. The van der Waals surface area contributed by atoms with Gasteiger partial charge in [-0.05, 0) is 19.1 Å². The van der Waals surface area contributed by atoms with Gasteiger partial charge in [0.1, 0.15) is 5.82 Å². The minimum absolute atomic E-state index is 0.149. The molecule has 0 saturated heterocycles. The smallest absolute Gasteiger partial charge is 0.329 e. The first-order valence-corrected chi connectivity index (χ1v) is 5.94. The molecule has 5 nitrogen and oxygen atoms in total. The van der Waals surface area contributed by atoms with E-state index in [1.807, 2.05) is 6.26 Å². The first kappa shape index (κ1) is 10.4. The highest BCUT2D eigenvalue weighted by Gasteiger charge is 2.42. The number of nitrogens with two attached hydrogens (primary N) is 1. The van der Waals surface area contributed by atoms with Gasteiger partial charge in [0, 0.05) is 17.4 Å². The Morgan fingerprint density at radius 2 is 2.27 bits per heavy atom. The van der Waals surface area contributed by atoms with Gasteiger partial charge in [-0.3, -0.25) is 14.3 Å². The zero-order chi connectivity index (χ0) is 11.1. The Hall–Kier alpha value is -1.17. The molecule has 6 heteroatoms. The van der Waals surface area contributed by atoms with E-state index in [0.29, 0.717) is 6.54 Å². The molecule has 1 saturated carbocycles. The maximum Gasteiger partial charge on any atom is 0.329 e. The van der Waals surface area contributed by atoms with Gasteiger partial charge in [-0.1, -0.05) is 0 Å². The second-order valence-corrected chi connectivity index (χ2v) is 5.11. The number of nitrogen functional groups attached to an aromatic ring is 1. The lowest BCUT2D eigenvalue weighted by atomic mass is 10.4. The maximum absolute atomic E-state index is 11.5. The van der Waals surface area contributed by atoms with Gasteiger partial charge < -0.3 is 5.73 Å². The van der Waals surface area contributed by atoms with Crippen molar-refractivity contribution in [1.29, 1.82) is 0 Å². The third-order valence-electron chi connectivity index (χ3n) is 2.75. The van der Waals surface area contributed by atoms with Gasteiger partial charge in [0.15, 0.2) is 0 Å². The Balaban J connectivity index is 2.37. The molecular formula is C9H13N3O2S. The molecule has 0 aromatic carbocycles. The topological polar surface area (TPSA) is 80.9 Å². The molecule has 0 unspecified atom stereocenters. The predicted molar refractivity (Wildman–Crippen MR) is 61.2 cm³/mol. The van der Waals surface area contributed by atoms with Crippen LogP contribution in [0.25, 0.3) is 0 Å². The Morgan fingerprint density at radius 3 is 2.73 bits per heavy atom. The van der Waals surface area contributed by atoms with Crippen LogP contribution in [-0.2, 0) is 6.54 Å². The fourth-order valence-corrected chi connectivity index (χ4v) is 2.32. The highest BCUT2D eigenvalue weighted by molar-refractivity contribution is 8.00. The third-order valence-corrected chi connectivity index (χ3v) is 4.16. The van der Waals surface area contributed by atoms with Crippen molar-refractivity contribution in [2.24, 2.45) is 0 Å². The lowest BCUT2D eigenvalue weighted by molar-refractivity contribution is 0.627. The Bertz CT molecular complexity index is 487. The summed E-state index contributed by atoms with van der Waals surface area (Å²) in [6.07, 6.45) is 4.22. The molecular weight excluding hydrogens is 214 g/mol. The SMILES string of the molecule is CSC1(Cn2c(N)cc(=O)[nH]c2=O)CC1. The van der Waals surface area contributed by atoms with Crippen LogP contribution in [0.4, 0.5) is 5.82 Å². The first-order chi connectivity index (χ1) is 7.06. The quantitative estimate of drug-likeness (QED) is 0.762. The summed E-state index contributed by atoms with van der Waals surface area (Å²) in [6, 6.07) is 1.25. The number of aromatic nitrogens is 2. The zero-order valence-corrected chi connectivity index (χ0v) is 9.26. The number of hydrogen-bond acceptors (Lipinski definition) is 4. The van der Waals surface area contributed by atoms with Crippen LogP contribution in [0, 0.1) is 0 Å². The molecule has 0 amide bonds. The van der Waals surface area contributed by atoms with Crippen LogP contribution in [0.2, 0.25) is 0 Å². The van der Waals surface area contributed by atoms with Gasteiger partial charge in [0.2, 0.25) is 0 Å². The summed E-state index contributed by atoms with van der Waals surface area (Å²) in [7, 11) is 0. The lowest BCUT2D eigenvalue weighted by Gasteiger charge is -2.15. The molecule has 3 N–H and O–H groups in total. The predicted octanol–water partition coefficient (Wildman–Crippen LogP) is 0.0144. The van der Waals surface area contributed by atoms with Crippen LogP contribution in [0.1, 0.15) is 12.8 Å². The number of rotatable bonds is 3. The van der Waals surface area contributed by atoms with Gasteiger partial charge in [0.25, 0.3) is 5.56 Å². The lowest BCUT2D eigenvalue weighted by Crippen LogP contribution is -2.34. The van der Waals surface area contributed by atoms with E-state index in [4.69, 9.17) is 5.73 Å². The molecule has 1 aromatic rings. The highest BCUT2D eigenvalue weighted by atomic mass is 32.2. The average molecular weight is 227 g/mol. The summed E-state index contributed by atoms with van der Waals surface area (Å²) in [4.78, 5) is 24.7. The van der Waals surface area contributed by atoms with Crippen molar-refractivity contribution in [3.63, 3.8) is 0 Å². The van der Waals surface area contributed by atoms with E-state index in [0.717, 1.165) is 12.8 Å². The first-order valence-electron chi connectivity index (χ1n) is 4.71. The summed E-state index contributed by atoms with van der Waals surface area (Å²) in [5.41, 5.74) is 4.79. The van der Waals surface area contributed by atoms with Gasteiger partial charge in [-0.2, -0.15) is 11.8 Å². The van der Waals surface area contributed by atoms with Crippen molar-refractivity contribution in [2.45, 2.75) is 24.1 Å². The van der Waals surface area contributed by atoms with Crippen LogP contribution in [0.5, 0.6) is 0 Å². The number of thioether (sulfide) groups is 1. The summed E-state index contributed by atoms with van der Waals surface area (Å²) in [5, 5.41) is 0. The van der Waals surface area contributed by atoms with E-state index in [1.165, 1.54) is 10.6 Å². The Morgan fingerprint density at radius 1 is 1.60 bits per heavy atom. The molecule has 2 rings (SSSR count). The van der Waals surface area contributed by atoms with E-state index in [1.54, 1.807) is 11.8 Å². The van der Waals surface area contributed by atoms with Crippen LogP contribution in [0.3, 0.4) is 0 Å². The number of nitrogens with one attached hydrogen (secondary N) is 1. The van der Waals surface area contributed by atoms with Crippen molar-refractivity contribution < 1.29 is 0 Å². The number of hydrogen-bond donors (Lipinski definition) is 2. The summed E-state index contributed by atoms with van der Waals surface area (Å²) < 4.78 is 1.58. The van der Waals surface area contributed by atoms with Crippen molar-refractivity contribution in [3.05, 3.63) is 26.9 Å². The van der Waals surface area contributed by atoms with E-state index in [2.05, 4.69) is 4.98 Å². The number of aromatic amines is 1. The minimum Gasteiger partial charge on any atom is -0.385 e. The molecule has 1 aliphatic carbocycles. The van der Waals surface area contributed by atoms with Gasteiger partial charge in [0.05, 0.1) is 0 Å². The van der Waals surface area contributed by atoms with E-state index in [-0.39, 0.29) is 10.6 Å². The van der Waals surface area contributed by atoms with Crippen molar-refractivity contribution in [3.8, 4) is 0 Å². The van der Waals surface area contributed by atoms with Crippen LogP contribution in [-0.4, -0.2) is 20.6 Å². The van der Waals surface area contributed by atoms with Gasteiger partial charge >= 0.3 is 5.69 Å². The second kappa shape index (κ2) is 3.44. The van der Waals surface area contributed by atoms with E-state index < -0.39 is 11.2 Å². The van der Waals surface area contributed by atoms with Gasteiger partial charge in [-0.25, -0.2) is 4.79 Å². The van der Waals surface area contributed by atoms with E-state index in [9.17, 15) is 9.59 Å². The normalized spacial score (nSPS) is 17.7. The molecule has 0 aliphatic heterocycles. The number of nitrogens with zero attached hydrogens (tertiary/aromatic N) is 1. The molecule has 1 fully saturated rings. The number of H-pyrrole nitrogens is 1. The maximum atomic E-state index is 11.5. The fraction of sp³-hybridized carbons (Fsp3) is 0.556. The molecule has 82 valence electrons.